The molecule has 2 aromatic carbocycles. The van der Waals surface area contributed by atoms with E-state index in [1.807, 2.05) is 49.4 Å². The average Bonchev–Trinajstić information content (AvgIpc) is 2.39. The van der Waals surface area contributed by atoms with Gasteiger partial charge in [-0.05, 0) is 48.9 Å². The summed E-state index contributed by atoms with van der Waals surface area (Å²) in [5.41, 5.74) is 2.00. The molecule has 0 aromatic heterocycles. The van der Waals surface area contributed by atoms with Gasteiger partial charge in [0.1, 0.15) is 12.4 Å². The summed E-state index contributed by atoms with van der Waals surface area (Å²) < 4.78 is 5.64. The highest BCUT2D eigenvalue weighted by Crippen LogP contribution is 2.21. The molecule has 0 fully saturated rings. The SMILES string of the molecule is Cc1cc(OCCNc2cccc(Cl)c2)ccc1Cl. The van der Waals surface area contributed by atoms with Crippen LogP contribution in [-0.4, -0.2) is 13.2 Å². The van der Waals surface area contributed by atoms with Gasteiger partial charge in [0.15, 0.2) is 0 Å². The normalized spacial score (nSPS) is 10.3. The first kappa shape index (κ1) is 14.0. The monoisotopic (exact) mass is 295 g/mol. The Labute approximate surface area is 123 Å². The number of hydrogen-bond donors (Lipinski definition) is 1. The quantitative estimate of drug-likeness (QED) is 0.801. The second kappa shape index (κ2) is 6.69. The topological polar surface area (TPSA) is 21.3 Å². The van der Waals surface area contributed by atoms with Crippen LogP contribution in [0.2, 0.25) is 10.0 Å². The smallest absolute Gasteiger partial charge is 0.119 e. The van der Waals surface area contributed by atoms with Gasteiger partial charge in [0.05, 0.1) is 0 Å². The lowest BCUT2D eigenvalue weighted by Gasteiger charge is -2.09. The van der Waals surface area contributed by atoms with Gasteiger partial charge in [0.2, 0.25) is 0 Å². The van der Waals surface area contributed by atoms with E-state index in [1.54, 1.807) is 0 Å². The summed E-state index contributed by atoms with van der Waals surface area (Å²) in [4.78, 5) is 0. The van der Waals surface area contributed by atoms with Crippen molar-refractivity contribution in [3.8, 4) is 5.75 Å². The number of rotatable bonds is 5. The highest BCUT2D eigenvalue weighted by Gasteiger charge is 1.98. The Morgan fingerprint density at radius 3 is 2.68 bits per heavy atom. The molecule has 2 rings (SSSR count). The van der Waals surface area contributed by atoms with Gasteiger partial charge in [-0.25, -0.2) is 0 Å². The lowest BCUT2D eigenvalue weighted by Crippen LogP contribution is -2.11. The van der Waals surface area contributed by atoms with E-state index in [1.165, 1.54) is 0 Å². The van der Waals surface area contributed by atoms with Crippen LogP contribution in [0, 0.1) is 6.92 Å². The zero-order valence-electron chi connectivity index (χ0n) is 10.6. The Bertz CT molecular complexity index is 558. The van der Waals surface area contributed by atoms with Crippen molar-refractivity contribution >= 4 is 28.9 Å². The summed E-state index contributed by atoms with van der Waals surface area (Å²) in [5, 5.41) is 4.72. The molecule has 0 radical (unpaired) electrons. The van der Waals surface area contributed by atoms with Gasteiger partial charge < -0.3 is 10.1 Å². The van der Waals surface area contributed by atoms with Crippen LogP contribution in [-0.2, 0) is 0 Å². The first-order valence-corrected chi connectivity index (χ1v) is 6.79. The Balaban J connectivity index is 1.79. The summed E-state index contributed by atoms with van der Waals surface area (Å²) >= 11 is 11.9. The predicted molar refractivity (Wildman–Crippen MR) is 81.6 cm³/mol. The van der Waals surface area contributed by atoms with E-state index in [9.17, 15) is 0 Å². The molecule has 1 N–H and O–H groups in total. The lowest BCUT2D eigenvalue weighted by molar-refractivity contribution is 0.332. The molecular formula is C15H15Cl2NO. The van der Waals surface area contributed by atoms with Gasteiger partial charge in [0, 0.05) is 22.3 Å². The maximum absolute atomic E-state index is 5.96. The Morgan fingerprint density at radius 1 is 1.11 bits per heavy atom. The minimum atomic E-state index is 0.577. The van der Waals surface area contributed by atoms with Gasteiger partial charge in [-0.2, -0.15) is 0 Å². The van der Waals surface area contributed by atoms with Gasteiger partial charge in [-0.3, -0.25) is 0 Å². The van der Waals surface area contributed by atoms with Gasteiger partial charge in [-0.15, -0.1) is 0 Å². The van der Waals surface area contributed by atoms with Crippen molar-refractivity contribution in [1.29, 1.82) is 0 Å². The van der Waals surface area contributed by atoms with Crippen LogP contribution in [0.1, 0.15) is 5.56 Å². The average molecular weight is 296 g/mol. The summed E-state index contributed by atoms with van der Waals surface area (Å²) in [5.74, 6) is 0.829. The number of halogens is 2. The molecule has 0 aliphatic rings. The second-order valence-electron chi connectivity index (χ2n) is 4.20. The maximum Gasteiger partial charge on any atom is 0.119 e. The summed E-state index contributed by atoms with van der Waals surface area (Å²) in [7, 11) is 0. The third-order valence-electron chi connectivity index (χ3n) is 2.65. The van der Waals surface area contributed by atoms with E-state index < -0.39 is 0 Å². The summed E-state index contributed by atoms with van der Waals surface area (Å²) in [6, 6.07) is 13.3. The molecule has 0 spiro atoms. The van der Waals surface area contributed by atoms with Crippen LogP contribution in [0.5, 0.6) is 5.75 Å². The second-order valence-corrected chi connectivity index (χ2v) is 5.04. The van der Waals surface area contributed by atoms with E-state index in [0.29, 0.717) is 13.2 Å². The Hall–Kier alpha value is -1.38. The van der Waals surface area contributed by atoms with Crippen molar-refractivity contribution in [3.63, 3.8) is 0 Å². The highest BCUT2D eigenvalue weighted by molar-refractivity contribution is 6.31. The minimum Gasteiger partial charge on any atom is -0.492 e. The van der Waals surface area contributed by atoms with E-state index >= 15 is 0 Å². The van der Waals surface area contributed by atoms with Crippen molar-refractivity contribution in [2.45, 2.75) is 6.92 Å². The fraction of sp³-hybridized carbons (Fsp3) is 0.200. The van der Waals surface area contributed by atoms with E-state index in [2.05, 4.69) is 5.32 Å². The summed E-state index contributed by atoms with van der Waals surface area (Å²) in [6.07, 6.45) is 0. The molecule has 0 aliphatic heterocycles. The molecule has 0 bridgehead atoms. The van der Waals surface area contributed by atoms with Crippen LogP contribution in [0.25, 0.3) is 0 Å². The molecule has 2 aromatic rings. The minimum absolute atomic E-state index is 0.577. The molecule has 0 aliphatic carbocycles. The van der Waals surface area contributed by atoms with Crippen LogP contribution in [0.3, 0.4) is 0 Å². The van der Waals surface area contributed by atoms with E-state index in [4.69, 9.17) is 27.9 Å². The van der Waals surface area contributed by atoms with Crippen molar-refractivity contribution in [2.24, 2.45) is 0 Å². The van der Waals surface area contributed by atoms with Crippen molar-refractivity contribution < 1.29 is 4.74 Å². The number of nitrogens with one attached hydrogen (secondary N) is 1. The molecule has 2 nitrogen and oxygen atoms in total. The molecule has 0 unspecified atom stereocenters. The largest absolute Gasteiger partial charge is 0.492 e. The first-order valence-electron chi connectivity index (χ1n) is 6.03. The fourth-order valence-corrected chi connectivity index (χ4v) is 1.98. The zero-order valence-corrected chi connectivity index (χ0v) is 12.1. The molecule has 0 atom stereocenters. The van der Waals surface area contributed by atoms with E-state index in [-0.39, 0.29) is 0 Å². The molecule has 100 valence electrons. The summed E-state index contributed by atoms with van der Waals surface area (Å²) in [6.45, 7) is 3.25. The number of anilines is 1. The maximum atomic E-state index is 5.96. The zero-order chi connectivity index (χ0) is 13.7. The van der Waals surface area contributed by atoms with E-state index in [0.717, 1.165) is 27.0 Å². The van der Waals surface area contributed by atoms with Crippen LogP contribution in [0.4, 0.5) is 5.69 Å². The highest BCUT2D eigenvalue weighted by atomic mass is 35.5. The molecule has 4 heteroatoms. The van der Waals surface area contributed by atoms with Crippen molar-refractivity contribution in [3.05, 3.63) is 58.1 Å². The van der Waals surface area contributed by atoms with Crippen LogP contribution < -0.4 is 10.1 Å². The fourth-order valence-electron chi connectivity index (χ4n) is 1.67. The van der Waals surface area contributed by atoms with Crippen molar-refractivity contribution in [2.75, 3.05) is 18.5 Å². The first-order chi connectivity index (χ1) is 9.15. The Morgan fingerprint density at radius 2 is 1.95 bits per heavy atom. The number of ether oxygens (including phenoxy) is 1. The van der Waals surface area contributed by atoms with Crippen molar-refractivity contribution in [1.82, 2.24) is 0 Å². The molecule has 0 saturated carbocycles. The lowest BCUT2D eigenvalue weighted by atomic mass is 10.2. The third-order valence-corrected chi connectivity index (χ3v) is 3.31. The standard InChI is InChI=1S/C15H15Cl2NO/c1-11-9-14(5-6-15(11)17)19-8-7-18-13-4-2-3-12(16)10-13/h2-6,9-10,18H,7-8H2,1H3. The molecule has 0 amide bonds. The molecule has 0 saturated heterocycles. The van der Waals surface area contributed by atoms with Crippen LogP contribution >= 0.6 is 23.2 Å². The van der Waals surface area contributed by atoms with Gasteiger partial charge >= 0.3 is 0 Å². The predicted octanol–water partition coefficient (Wildman–Crippen LogP) is 4.79. The molecular weight excluding hydrogens is 281 g/mol. The number of hydrogen-bond acceptors (Lipinski definition) is 2. The molecule has 19 heavy (non-hydrogen) atoms. The molecule has 0 heterocycles. The number of benzene rings is 2. The van der Waals surface area contributed by atoms with Gasteiger partial charge in [-0.1, -0.05) is 29.3 Å². The third kappa shape index (κ3) is 4.34. The van der Waals surface area contributed by atoms with Crippen LogP contribution in [0.15, 0.2) is 42.5 Å². The number of aryl methyl sites for hydroxylation is 1. The Kier molecular flexibility index (Phi) is 4.94. The van der Waals surface area contributed by atoms with Gasteiger partial charge in [0.25, 0.3) is 0 Å².